The zero-order chi connectivity index (χ0) is 34.2. The molecule has 2 aliphatic rings. The fraction of sp³-hybridized carbons (Fsp3) is 0.667. The van der Waals surface area contributed by atoms with Gasteiger partial charge in [-0.1, -0.05) is 26.7 Å². The summed E-state index contributed by atoms with van der Waals surface area (Å²) in [5, 5.41) is 0. The molecule has 0 unspecified atom stereocenters. The number of ether oxygens (including phenoxy) is 2. The highest BCUT2D eigenvalue weighted by Crippen LogP contribution is 2.29. The van der Waals surface area contributed by atoms with E-state index < -0.39 is 0 Å². The molecule has 6 heteroatoms. The first-order valence-corrected chi connectivity index (χ1v) is 19.5. The van der Waals surface area contributed by atoms with E-state index in [4.69, 9.17) is 9.47 Å². The van der Waals surface area contributed by atoms with Crippen molar-refractivity contribution in [1.82, 2.24) is 0 Å². The Bertz CT molecular complexity index is 1130. The van der Waals surface area contributed by atoms with Crippen molar-refractivity contribution in [3.8, 4) is 11.5 Å². The normalized spacial score (nSPS) is 19.0. The van der Waals surface area contributed by atoms with Gasteiger partial charge in [0.25, 0.3) is 0 Å². The van der Waals surface area contributed by atoms with Crippen LogP contribution in [0.15, 0.2) is 48.5 Å². The second kappa shape index (κ2) is 19.5. The van der Waals surface area contributed by atoms with Crippen LogP contribution >= 0.6 is 0 Å². The first kappa shape index (κ1) is 38.1. The maximum absolute atomic E-state index is 14.4. The van der Waals surface area contributed by atoms with Gasteiger partial charge in [-0.3, -0.25) is 9.59 Å². The largest absolute Gasteiger partial charge is 0.494 e. The Hall–Kier alpha value is -2.70. The second-order valence-corrected chi connectivity index (χ2v) is 15.5. The lowest BCUT2D eigenvalue weighted by atomic mass is 9.85. The van der Waals surface area contributed by atoms with E-state index in [-0.39, 0.29) is 23.4 Å². The highest BCUT2D eigenvalue weighted by molar-refractivity contribution is 5.99. The van der Waals surface area contributed by atoms with Crippen LogP contribution in [0.5, 0.6) is 11.5 Å². The molecule has 0 amide bonds. The van der Waals surface area contributed by atoms with Crippen LogP contribution in [-0.2, 0) is 0 Å². The van der Waals surface area contributed by atoms with Crippen molar-refractivity contribution in [3.05, 3.63) is 59.7 Å². The zero-order valence-corrected chi connectivity index (χ0v) is 30.9. The molecule has 2 heterocycles. The standard InChI is InChI=1S/C42H66N2O4/c1-5-7-31-47-39-23-19-35(20-24-39)41(45)37(33-43(3)27-13-9-10-14-28-43)17-18-38(34-44(4)29-15-11-12-16-30-44)42(46)36-21-25-40(26-22-36)48-32-8-6-2/h19-26,37-38H,5-18,27-34H2,1-4H3/q+2/t37-,38-/m1/s1. The Balaban J connectivity index is 1.56. The SMILES string of the molecule is CCCCOc1ccc(C(=O)[C@H](CC[C@H](C[N+]2(C)CCCCCC2)C(=O)c2ccc(OCCCC)cc2)C[N+]2(C)CCCCCC2)cc1. The Morgan fingerprint density at radius 1 is 0.562 bits per heavy atom. The molecule has 2 saturated heterocycles. The summed E-state index contributed by atoms with van der Waals surface area (Å²) in [5.41, 5.74) is 1.52. The maximum atomic E-state index is 14.4. The number of nitrogens with zero attached hydrogens (tertiary/aromatic N) is 2. The van der Waals surface area contributed by atoms with Gasteiger partial charge in [0, 0.05) is 11.1 Å². The van der Waals surface area contributed by atoms with E-state index in [0.29, 0.717) is 13.2 Å². The van der Waals surface area contributed by atoms with E-state index in [1.165, 1.54) is 51.4 Å². The van der Waals surface area contributed by atoms with Crippen molar-refractivity contribution in [2.45, 2.75) is 104 Å². The summed E-state index contributed by atoms with van der Waals surface area (Å²) in [6.45, 7) is 11.9. The second-order valence-electron chi connectivity index (χ2n) is 15.5. The lowest BCUT2D eigenvalue weighted by Gasteiger charge is -2.38. The van der Waals surface area contributed by atoms with Crippen molar-refractivity contribution in [1.29, 1.82) is 0 Å². The highest BCUT2D eigenvalue weighted by atomic mass is 16.5. The van der Waals surface area contributed by atoms with Gasteiger partial charge in [0.15, 0.2) is 11.6 Å². The Morgan fingerprint density at radius 3 is 1.21 bits per heavy atom. The number of hydrogen-bond acceptors (Lipinski definition) is 4. The molecule has 2 aromatic rings. The summed E-state index contributed by atoms with van der Waals surface area (Å²) in [5.74, 6) is 1.83. The van der Waals surface area contributed by atoms with Crippen molar-refractivity contribution in [2.75, 3.05) is 66.6 Å². The molecule has 4 rings (SSSR count). The van der Waals surface area contributed by atoms with Gasteiger partial charge in [-0.05, 0) is 126 Å². The number of ketones is 2. The Kier molecular flexibility index (Phi) is 15.5. The van der Waals surface area contributed by atoms with Gasteiger partial charge >= 0.3 is 0 Å². The molecule has 0 saturated carbocycles. The summed E-state index contributed by atoms with van der Waals surface area (Å²) >= 11 is 0. The average Bonchev–Trinajstić information content (AvgIpc) is 3.45. The molecule has 2 atom stereocenters. The summed E-state index contributed by atoms with van der Waals surface area (Å²) < 4.78 is 13.7. The van der Waals surface area contributed by atoms with Crippen LogP contribution in [0.1, 0.15) is 124 Å². The fourth-order valence-corrected chi connectivity index (χ4v) is 7.92. The van der Waals surface area contributed by atoms with E-state index in [0.717, 1.165) is 109 Å². The van der Waals surface area contributed by atoms with E-state index in [1.54, 1.807) is 0 Å². The summed E-state index contributed by atoms with van der Waals surface area (Å²) in [7, 11) is 4.71. The third kappa shape index (κ3) is 12.0. The number of carbonyl (C=O) groups excluding carboxylic acids is 2. The van der Waals surface area contributed by atoms with Gasteiger partial charge in [-0.15, -0.1) is 0 Å². The number of unbranched alkanes of at least 4 members (excludes halogenated alkanes) is 2. The number of benzene rings is 2. The number of Topliss-reactive ketones (excluding diaryl/α,β-unsaturated/α-hetero) is 2. The third-order valence-corrected chi connectivity index (χ3v) is 11.0. The third-order valence-electron chi connectivity index (χ3n) is 11.0. The number of hydrogen-bond donors (Lipinski definition) is 0. The van der Waals surface area contributed by atoms with Crippen molar-refractivity contribution < 1.29 is 28.0 Å². The molecule has 48 heavy (non-hydrogen) atoms. The van der Waals surface area contributed by atoms with E-state index in [9.17, 15) is 9.59 Å². The molecule has 2 aromatic carbocycles. The first-order valence-electron chi connectivity index (χ1n) is 19.5. The van der Waals surface area contributed by atoms with Crippen LogP contribution in [0.4, 0.5) is 0 Å². The molecule has 0 radical (unpaired) electrons. The molecule has 0 bridgehead atoms. The van der Waals surface area contributed by atoms with Gasteiger partial charge in [0.05, 0.1) is 78.4 Å². The Morgan fingerprint density at radius 2 is 0.896 bits per heavy atom. The topological polar surface area (TPSA) is 52.6 Å². The van der Waals surface area contributed by atoms with Crippen molar-refractivity contribution in [3.63, 3.8) is 0 Å². The molecular formula is C42H66N2O4+2. The molecule has 0 spiro atoms. The van der Waals surface area contributed by atoms with Crippen LogP contribution in [-0.4, -0.2) is 87.1 Å². The minimum atomic E-state index is -0.126. The predicted molar refractivity (Wildman–Crippen MR) is 197 cm³/mol. The number of likely N-dealkylation sites (tertiary alicyclic amines) is 2. The van der Waals surface area contributed by atoms with Crippen molar-refractivity contribution in [2.24, 2.45) is 11.8 Å². The number of rotatable bonds is 19. The van der Waals surface area contributed by atoms with E-state index in [1.807, 2.05) is 48.5 Å². The summed E-state index contributed by atoms with van der Waals surface area (Å²) in [6.07, 6.45) is 15.7. The van der Waals surface area contributed by atoms with Gasteiger partial charge in [-0.2, -0.15) is 0 Å². The predicted octanol–water partition coefficient (Wildman–Crippen LogP) is 9.16. The minimum absolute atomic E-state index is 0.126. The smallest absolute Gasteiger partial charge is 0.171 e. The molecule has 2 fully saturated rings. The zero-order valence-electron chi connectivity index (χ0n) is 30.9. The molecule has 0 N–H and O–H groups in total. The quantitative estimate of drug-likeness (QED) is 0.0855. The van der Waals surface area contributed by atoms with Crippen LogP contribution in [0, 0.1) is 11.8 Å². The summed E-state index contributed by atoms with van der Waals surface area (Å²) in [4.78, 5) is 28.7. The van der Waals surface area contributed by atoms with Gasteiger partial charge in [-0.25, -0.2) is 0 Å². The number of carbonyl (C=O) groups is 2. The van der Waals surface area contributed by atoms with Crippen molar-refractivity contribution >= 4 is 11.6 Å². The lowest BCUT2D eigenvalue weighted by Crippen LogP contribution is -2.50. The molecule has 2 aliphatic heterocycles. The average molecular weight is 663 g/mol. The van der Waals surface area contributed by atoms with E-state index in [2.05, 4.69) is 27.9 Å². The summed E-state index contributed by atoms with van der Waals surface area (Å²) in [6, 6.07) is 15.6. The molecule has 0 aliphatic carbocycles. The molecule has 6 nitrogen and oxygen atoms in total. The minimum Gasteiger partial charge on any atom is -0.494 e. The van der Waals surface area contributed by atoms with Gasteiger partial charge < -0.3 is 18.4 Å². The van der Waals surface area contributed by atoms with E-state index >= 15 is 0 Å². The highest BCUT2D eigenvalue weighted by Gasteiger charge is 2.36. The molecule has 0 aromatic heterocycles. The molecular weight excluding hydrogens is 596 g/mol. The maximum Gasteiger partial charge on any atom is 0.171 e. The number of quaternary nitrogens is 2. The lowest BCUT2D eigenvalue weighted by molar-refractivity contribution is -0.911. The van der Waals surface area contributed by atoms with Gasteiger partial charge in [0.1, 0.15) is 11.5 Å². The monoisotopic (exact) mass is 663 g/mol. The van der Waals surface area contributed by atoms with Gasteiger partial charge in [0.2, 0.25) is 0 Å². The first-order chi connectivity index (χ1) is 23.2. The van der Waals surface area contributed by atoms with Crippen LogP contribution in [0.3, 0.4) is 0 Å². The Labute approximate surface area is 292 Å². The van der Waals surface area contributed by atoms with Crippen LogP contribution < -0.4 is 9.47 Å². The molecule has 266 valence electrons. The van der Waals surface area contributed by atoms with Crippen LogP contribution in [0.2, 0.25) is 0 Å². The fourth-order valence-electron chi connectivity index (χ4n) is 7.92. The van der Waals surface area contributed by atoms with Crippen LogP contribution in [0.25, 0.3) is 0 Å².